The standard InChI is InChI=1S/C14H14ClN3O2/c1-9-4-5-11(10(2)8-9)17(3)14-12(18(19)20)6-7-13(15)16-14/h4-8H,1-3H3. The number of hydrogen-bond acceptors (Lipinski definition) is 4. The minimum atomic E-state index is -0.460. The van der Waals surface area contributed by atoms with E-state index in [1.54, 1.807) is 11.9 Å². The maximum absolute atomic E-state index is 11.1. The Balaban J connectivity index is 2.55. The molecule has 2 aromatic rings. The number of aryl methyl sites for hydroxylation is 2. The summed E-state index contributed by atoms with van der Waals surface area (Å²) in [6.45, 7) is 3.95. The molecule has 5 nitrogen and oxygen atoms in total. The Hall–Kier alpha value is -2.14. The molecule has 0 amide bonds. The van der Waals surface area contributed by atoms with Gasteiger partial charge in [0.1, 0.15) is 5.15 Å². The molecule has 1 aromatic heterocycles. The Labute approximate surface area is 122 Å². The van der Waals surface area contributed by atoms with Gasteiger partial charge in [-0.2, -0.15) is 0 Å². The van der Waals surface area contributed by atoms with E-state index in [0.717, 1.165) is 16.8 Å². The number of aromatic nitrogens is 1. The molecule has 0 aliphatic rings. The summed E-state index contributed by atoms with van der Waals surface area (Å²) in [5, 5.41) is 11.3. The van der Waals surface area contributed by atoms with Crippen molar-refractivity contribution in [2.24, 2.45) is 0 Å². The second-order valence-electron chi connectivity index (χ2n) is 4.58. The van der Waals surface area contributed by atoms with Crippen molar-refractivity contribution < 1.29 is 4.92 Å². The SMILES string of the molecule is Cc1ccc(N(C)c2nc(Cl)ccc2[N+](=O)[O-])c(C)c1. The van der Waals surface area contributed by atoms with Crippen molar-refractivity contribution in [3.63, 3.8) is 0 Å². The van der Waals surface area contributed by atoms with Crippen LogP contribution in [0.5, 0.6) is 0 Å². The van der Waals surface area contributed by atoms with E-state index in [1.807, 2.05) is 32.0 Å². The molecule has 6 heteroatoms. The van der Waals surface area contributed by atoms with Crippen LogP contribution in [0.2, 0.25) is 5.15 Å². The van der Waals surface area contributed by atoms with Gasteiger partial charge in [0.25, 0.3) is 0 Å². The third-order valence-electron chi connectivity index (χ3n) is 3.05. The van der Waals surface area contributed by atoms with E-state index < -0.39 is 4.92 Å². The second-order valence-corrected chi connectivity index (χ2v) is 4.97. The van der Waals surface area contributed by atoms with Crippen LogP contribution in [0.15, 0.2) is 30.3 Å². The number of nitrogens with zero attached hydrogens (tertiary/aromatic N) is 3. The molecule has 0 saturated heterocycles. The summed E-state index contributed by atoms with van der Waals surface area (Å²) in [6, 6.07) is 8.66. The highest BCUT2D eigenvalue weighted by molar-refractivity contribution is 6.29. The Kier molecular flexibility index (Phi) is 3.90. The zero-order chi connectivity index (χ0) is 14.9. The monoisotopic (exact) mass is 291 g/mol. The average Bonchev–Trinajstić information content (AvgIpc) is 2.37. The van der Waals surface area contributed by atoms with Gasteiger partial charge in [0, 0.05) is 18.8 Å². The van der Waals surface area contributed by atoms with Gasteiger partial charge in [-0.25, -0.2) is 4.98 Å². The molecule has 0 saturated carbocycles. The van der Waals surface area contributed by atoms with Crippen molar-refractivity contribution in [1.82, 2.24) is 4.98 Å². The summed E-state index contributed by atoms with van der Waals surface area (Å²) in [5.74, 6) is 0.231. The first kappa shape index (κ1) is 14.3. The Morgan fingerprint density at radius 1 is 1.25 bits per heavy atom. The van der Waals surface area contributed by atoms with Crippen molar-refractivity contribution >= 4 is 28.8 Å². The lowest BCUT2D eigenvalue weighted by Gasteiger charge is -2.20. The summed E-state index contributed by atoms with van der Waals surface area (Å²) < 4.78 is 0. The smallest absolute Gasteiger partial charge is 0.312 e. The molecule has 2 rings (SSSR count). The molecule has 0 fully saturated rings. The average molecular weight is 292 g/mol. The molecular formula is C14H14ClN3O2. The third-order valence-corrected chi connectivity index (χ3v) is 3.26. The number of halogens is 1. The molecular weight excluding hydrogens is 278 g/mol. The maximum atomic E-state index is 11.1. The first-order valence-corrected chi connectivity index (χ1v) is 6.40. The fourth-order valence-electron chi connectivity index (χ4n) is 2.10. The molecule has 104 valence electrons. The molecule has 0 spiro atoms. The first-order valence-electron chi connectivity index (χ1n) is 6.02. The van der Waals surface area contributed by atoms with Crippen LogP contribution in [0.25, 0.3) is 0 Å². The summed E-state index contributed by atoms with van der Waals surface area (Å²) >= 11 is 5.86. The third kappa shape index (κ3) is 2.72. The van der Waals surface area contributed by atoms with Crippen LogP contribution < -0.4 is 4.90 Å². The number of benzene rings is 1. The summed E-state index contributed by atoms with van der Waals surface area (Å²) in [5.41, 5.74) is 2.93. The molecule has 1 aromatic carbocycles. The van der Waals surface area contributed by atoms with E-state index >= 15 is 0 Å². The van der Waals surface area contributed by atoms with Gasteiger partial charge in [-0.3, -0.25) is 10.1 Å². The largest absolute Gasteiger partial charge is 0.323 e. The predicted octanol–water partition coefficient (Wildman–Crippen LogP) is 4.03. The number of nitro groups is 1. The van der Waals surface area contributed by atoms with E-state index in [4.69, 9.17) is 11.6 Å². The molecule has 0 aliphatic heterocycles. The Morgan fingerprint density at radius 2 is 1.95 bits per heavy atom. The molecule has 20 heavy (non-hydrogen) atoms. The minimum absolute atomic E-state index is 0.0723. The van der Waals surface area contributed by atoms with Gasteiger partial charge in [0.2, 0.25) is 5.82 Å². The molecule has 0 atom stereocenters. The van der Waals surface area contributed by atoms with E-state index in [9.17, 15) is 10.1 Å². The molecule has 0 bridgehead atoms. The van der Waals surface area contributed by atoms with Gasteiger partial charge in [-0.05, 0) is 31.5 Å². The normalized spacial score (nSPS) is 10.4. The molecule has 1 heterocycles. The quantitative estimate of drug-likeness (QED) is 0.487. The van der Waals surface area contributed by atoms with Gasteiger partial charge in [0.15, 0.2) is 0 Å². The van der Waals surface area contributed by atoms with Crippen LogP contribution in [0.4, 0.5) is 17.2 Å². The van der Waals surface area contributed by atoms with E-state index in [0.29, 0.717) is 0 Å². The Bertz CT molecular complexity index is 673. The predicted molar refractivity (Wildman–Crippen MR) is 79.9 cm³/mol. The van der Waals surface area contributed by atoms with Gasteiger partial charge >= 0.3 is 5.69 Å². The van der Waals surface area contributed by atoms with E-state index in [2.05, 4.69) is 4.98 Å². The van der Waals surface area contributed by atoms with Gasteiger partial charge < -0.3 is 4.90 Å². The molecule has 0 N–H and O–H groups in total. The van der Waals surface area contributed by atoms with Crippen molar-refractivity contribution in [3.05, 3.63) is 56.7 Å². The van der Waals surface area contributed by atoms with Crippen molar-refractivity contribution in [1.29, 1.82) is 0 Å². The van der Waals surface area contributed by atoms with E-state index in [-0.39, 0.29) is 16.7 Å². The fourth-order valence-corrected chi connectivity index (χ4v) is 2.25. The molecule has 0 radical (unpaired) electrons. The minimum Gasteiger partial charge on any atom is -0.323 e. The number of hydrogen-bond donors (Lipinski definition) is 0. The van der Waals surface area contributed by atoms with Crippen molar-refractivity contribution in [2.45, 2.75) is 13.8 Å². The lowest BCUT2D eigenvalue weighted by Crippen LogP contribution is -2.14. The molecule has 0 unspecified atom stereocenters. The van der Waals surface area contributed by atoms with Crippen LogP contribution in [-0.2, 0) is 0 Å². The van der Waals surface area contributed by atoms with Crippen molar-refractivity contribution in [2.75, 3.05) is 11.9 Å². The zero-order valence-corrected chi connectivity index (χ0v) is 12.2. The van der Waals surface area contributed by atoms with E-state index in [1.165, 1.54) is 12.1 Å². The highest BCUT2D eigenvalue weighted by Gasteiger charge is 2.21. The van der Waals surface area contributed by atoms with Crippen molar-refractivity contribution in [3.8, 4) is 0 Å². The Morgan fingerprint density at radius 3 is 2.55 bits per heavy atom. The van der Waals surface area contributed by atoms with Gasteiger partial charge in [-0.1, -0.05) is 29.3 Å². The summed E-state index contributed by atoms with van der Waals surface area (Å²) in [4.78, 5) is 16.4. The van der Waals surface area contributed by atoms with Crippen LogP contribution in [0, 0.1) is 24.0 Å². The lowest BCUT2D eigenvalue weighted by molar-refractivity contribution is -0.384. The van der Waals surface area contributed by atoms with Crippen LogP contribution in [0.1, 0.15) is 11.1 Å². The summed E-state index contributed by atoms with van der Waals surface area (Å²) in [6.07, 6.45) is 0. The molecule has 0 aliphatic carbocycles. The number of rotatable bonds is 3. The lowest BCUT2D eigenvalue weighted by atomic mass is 10.1. The highest BCUT2D eigenvalue weighted by Crippen LogP contribution is 2.33. The topological polar surface area (TPSA) is 59.3 Å². The van der Waals surface area contributed by atoms with Gasteiger partial charge in [0.05, 0.1) is 4.92 Å². The fraction of sp³-hybridized carbons (Fsp3) is 0.214. The number of pyridine rings is 1. The summed E-state index contributed by atoms with van der Waals surface area (Å²) in [7, 11) is 1.74. The first-order chi connectivity index (χ1) is 9.40. The zero-order valence-electron chi connectivity index (χ0n) is 11.4. The van der Waals surface area contributed by atoms with Crippen LogP contribution >= 0.6 is 11.6 Å². The van der Waals surface area contributed by atoms with Crippen LogP contribution in [-0.4, -0.2) is 17.0 Å². The van der Waals surface area contributed by atoms with Crippen LogP contribution in [0.3, 0.4) is 0 Å². The number of anilines is 2. The second kappa shape index (κ2) is 5.46. The maximum Gasteiger partial charge on any atom is 0.312 e. The van der Waals surface area contributed by atoms with Gasteiger partial charge in [-0.15, -0.1) is 0 Å². The highest BCUT2D eigenvalue weighted by atomic mass is 35.5.